The van der Waals surface area contributed by atoms with E-state index in [1.807, 2.05) is 0 Å². The Hall–Kier alpha value is -3.64. The summed E-state index contributed by atoms with van der Waals surface area (Å²) in [6.45, 7) is 1.46. The van der Waals surface area contributed by atoms with Crippen LogP contribution < -0.4 is 5.32 Å². The van der Waals surface area contributed by atoms with E-state index in [0.717, 1.165) is 18.2 Å². The number of nitrogens with one attached hydrogen (secondary N) is 1. The third kappa shape index (κ3) is 4.85. The standard InChI is InChI=1S/C17H16F3N3O7/c1-9-13(16(24)29-7-8-30-23(27)28)14(15(22(25)26)10(2)21-9)11-5-3-4-6-12(11)17(18,19)20/h3-6,14,21H,7-8H2,1-2H3/t14-/m0/s1. The molecule has 0 aromatic heterocycles. The summed E-state index contributed by atoms with van der Waals surface area (Å²) in [6, 6.07) is 4.20. The van der Waals surface area contributed by atoms with Crippen LogP contribution in [0.25, 0.3) is 0 Å². The minimum Gasteiger partial charge on any atom is -0.460 e. The summed E-state index contributed by atoms with van der Waals surface area (Å²) in [5, 5.41) is 23.3. The van der Waals surface area contributed by atoms with Crippen molar-refractivity contribution in [2.45, 2.75) is 25.9 Å². The normalized spacial score (nSPS) is 16.8. The smallest absolute Gasteiger partial charge is 0.416 e. The summed E-state index contributed by atoms with van der Waals surface area (Å²) in [5.74, 6) is -2.84. The Morgan fingerprint density at radius 2 is 1.77 bits per heavy atom. The van der Waals surface area contributed by atoms with Gasteiger partial charge in [-0.1, -0.05) is 18.2 Å². The first kappa shape index (κ1) is 22.6. The van der Waals surface area contributed by atoms with E-state index in [2.05, 4.69) is 10.2 Å². The van der Waals surface area contributed by atoms with Gasteiger partial charge in [0.1, 0.15) is 19.1 Å². The second-order valence-electron chi connectivity index (χ2n) is 6.14. The van der Waals surface area contributed by atoms with Crippen LogP contribution in [0.3, 0.4) is 0 Å². The van der Waals surface area contributed by atoms with Crippen LogP contribution in [0.1, 0.15) is 30.9 Å². The van der Waals surface area contributed by atoms with Crippen LogP contribution in [0.15, 0.2) is 46.9 Å². The van der Waals surface area contributed by atoms with Gasteiger partial charge in [0, 0.05) is 5.70 Å². The van der Waals surface area contributed by atoms with Crippen molar-refractivity contribution in [1.82, 2.24) is 5.32 Å². The second kappa shape index (κ2) is 8.80. The van der Waals surface area contributed by atoms with E-state index >= 15 is 0 Å². The van der Waals surface area contributed by atoms with Gasteiger partial charge in [0.25, 0.3) is 10.8 Å². The van der Waals surface area contributed by atoms with Gasteiger partial charge < -0.3 is 14.9 Å². The zero-order chi connectivity index (χ0) is 22.6. The Kier molecular flexibility index (Phi) is 6.64. The molecule has 0 amide bonds. The van der Waals surface area contributed by atoms with E-state index < -0.39 is 63.7 Å². The van der Waals surface area contributed by atoms with Crippen LogP contribution in [0, 0.1) is 20.2 Å². The lowest BCUT2D eigenvalue weighted by atomic mass is 9.81. The summed E-state index contributed by atoms with van der Waals surface area (Å²) in [7, 11) is 0. The van der Waals surface area contributed by atoms with Crippen molar-refractivity contribution in [3.05, 3.63) is 78.3 Å². The molecule has 0 unspecified atom stereocenters. The summed E-state index contributed by atoms with van der Waals surface area (Å²) in [4.78, 5) is 37.6. The van der Waals surface area contributed by atoms with Gasteiger partial charge in [-0.2, -0.15) is 13.2 Å². The number of hydrogen-bond donors (Lipinski definition) is 1. The van der Waals surface area contributed by atoms with Crippen molar-refractivity contribution in [2.24, 2.45) is 0 Å². The molecule has 0 fully saturated rings. The summed E-state index contributed by atoms with van der Waals surface area (Å²) in [5.41, 5.74) is -2.67. The molecule has 1 atom stereocenters. The molecule has 0 spiro atoms. The molecule has 30 heavy (non-hydrogen) atoms. The number of nitrogens with zero attached hydrogens (tertiary/aromatic N) is 2. The van der Waals surface area contributed by atoms with E-state index in [0.29, 0.717) is 0 Å². The van der Waals surface area contributed by atoms with Gasteiger partial charge >= 0.3 is 12.1 Å². The third-order valence-corrected chi connectivity index (χ3v) is 4.23. The van der Waals surface area contributed by atoms with E-state index in [1.165, 1.54) is 19.9 Å². The van der Waals surface area contributed by atoms with Gasteiger partial charge in [-0.3, -0.25) is 10.1 Å². The predicted octanol–water partition coefficient (Wildman–Crippen LogP) is 2.93. The van der Waals surface area contributed by atoms with Crippen molar-refractivity contribution < 1.29 is 37.6 Å². The lowest BCUT2D eigenvalue weighted by molar-refractivity contribution is -0.757. The highest BCUT2D eigenvalue weighted by Gasteiger charge is 2.45. The fourth-order valence-electron chi connectivity index (χ4n) is 3.13. The Labute approximate surface area is 167 Å². The number of benzene rings is 1. The van der Waals surface area contributed by atoms with Gasteiger partial charge in [-0.25, -0.2) is 4.79 Å². The second-order valence-corrected chi connectivity index (χ2v) is 6.14. The molecule has 1 aromatic rings. The number of nitro groups is 1. The highest BCUT2D eigenvalue weighted by Crippen LogP contribution is 2.44. The van der Waals surface area contributed by atoms with Crippen LogP contribution in [-0.4, -0.2) is 29.2 Å². The number of carbonyl (C=O) groups is 1. The number of ether oxygens (including phenoxy) is 1. The number of hydrogen-bond acceptors (Lipinski definition) is 8. The Bertz CT molecular complexity index is 941. The molecular weight excluding hydrogens is 415 g/mol. The molecular formula is C17H16F3N3O7. The lowest BCUT2D eigenvalue weighted by Crippen LogP contribution is -2.33. The molecule has 0 saturated carbocycles. The van der Waals surface area contributed by atoms with Gasteiger partial charge in [0.2, 0.25) is 0 Å². The highest BCUT2D eigenvalue weighted by molar-refractivity contribution is 5.92. The molecule has 10 nitrogen and oxygen atoms in total. The van der Waals surface area contributed by atoms with Crippen molar-refractivity contribution in [1.29, 1.82) is 0 Å². The first-order valence-corrected chi connectivity index (χ1v) is 8.38. The zero-order valence-electron chi connectivity index (χ0n) is 15.7. The molecule has 0 radical (unpaired) electrons. The first-order valence-electron chi connectivity index (χ1n) is 8.38. The van der Waals surface area contributed by atoms with E-state index in [9.17, 15) is 38.2 Å². The fraction of sp³-hybridized carbons (Fsp3) is 0.353. The number of carbonyl (C=O) groups excluding carboxylic acids is 1. The van der Waals surface area contributed by atoms with Gasteiger partial charge in [-0.15, -0.1) is 10.1 Å². The quantitative estimate of drug-likeness (QED) is 0.301. The maximum atomic E-state index is 13.6. The summed E-state index contributed by atoms with van der Waals surface area (Å²) >= 11 is 0. The molecule has 1 heterocycles. The highest BCUT2D eigenvalue weighted by atomic mass is 19.4. The minimum atomic E-state index is -4.83. The van der Waals surface area contributed by atoms with E-state index in [4.69, 9.17) is 4.74 Å². The molecule has 0 bridgehead atoms. The lowest BCUT2D eigenvalue weighted by Gasteiger charge is -2.28. The van der Waals surface area contributed by atoms with Crippen LogP contribution in [0.4, 0.5) is 13.2 Å². The molecule has 0 saturated heterocycles. The number of alkyl halides is 3. The van der Waals surface area contributed by atoms with Crippen LogP contribution in [-0.2, 0) is 20.5 Å². The van der Waals surface area contributed by atoms with Gasteiger partial charge in [-0.05, 0) is 25.5 Å². The number of halogens is 3. The predicted molar refractivity (Wildman–Crippen MR) is 93.6 cm³/mol. The average Bonchev–Trinajstić information content (AvgIpc) is 2.63. The molecule has 0 aliphatic carbocycles. The average molecular weight is 431 g/mol. The van der Waals surface area contributed by atoms with Crippen molar-refractivity contribution >= 4 is 5.97 Å². The fourth-order valence-corrected chi connectivity index (χ4v) is 3.13. The number of rotatable bonds is 7. The van der Waals surface area contributed by atoms with Crippen LogP contribution in [0.5, 0.6) is 0 Å². The molecule has 1 aliphatic heterocycles. The SMILES string of the molecule is CC1=C(C(=O)OCCO[N+](=O)[O-])[C@H](c2ccccc2C(F)(F)F)C([N+](=O)[O-])=C(C)N1. The Morgan fingerprint density at radius 3 is 2.33 bits per heavy atom. The molecule has 13 heteroatoms. The third-order valence-electron chi connectivity index (χ3n) is 4.23. The number of esters is 1. The molecule has 1 aliphatic rings. The van der Waals surface area contributed by atoms with Crippen LogP contribution >= 0.6 is 0 Å². The van der Waals surface area contributed by atoms with Gasteiger partial charge in [0.05, 0.1) is 21.8 Å². The first-order chi connectivity index (χ1) is 13.9. The topological polar surface area (TPSA) is 134 Å². The number of dihydropyridines is 1. The molecule has 1 aromatic carbocycles. The van der Waals surface area contributed by atoms with E-state index in [-0.39, 0.29) is 11.4 Å². The monoisotopic (exact) mass is 431 g/mol. The van der Waals surface area contributed by atoms with Crippen LogP contribution in [0.2, 0.25) is 0 Å². The van der Waals surface area contributed by atoms with Crippen molar-refractivity contribution in [3.63, 3.8) is 0 Å². The van der Waals surface area contributed by atoms with Crippen molar-refractivity contribution in [3.8, 4) is 0 Å². The van der Waals surface area contributed by atoms with Crippen molar-refractivity contribution in [2.75, 3.05) is 13.2 Å². The maximum Gasteiger partial charge on any atom is 0.416 e. The Morgan fingerprint density at radius 1 is 1.13 bits per heavy atom. The van der Waals surface area contributed by atoms with Gasteiger partial charge in [0.15, 0.2) is 0 Å². The molecule has 2 rings (SSSR count). The molecule has 1 N–H and O–H groups in total. The molecule has 162 valence electrons. The Balaban J connectivity index is 2.55. The summed E-state index contributed by atoms with van der Waals surface area (Å²) < 4.78 is 45.5. The maximum absolute atomic E-state index is 13.6. The zero-order valence-corrected chi connectivity index (χ0v) is 15.7. The number of allylic oxidation sites excluding steroid dienone is 3. The van der Waals surface area contributed by atoms with E-state index in [1.54, 1.807) is 0 Å². The minimum absolute atomic E-state index is 0.0345. The summed E-state index contributed by atoms with van der Waals surface area (Å²) in [6.07, 6.45) is -4.83. The largest absolute Gasteiger partial charge is 0.460 e.